The number of nitrogens with one attached hydrogen (secondary N) is 1. The fourth-order valence-electron chi connectivity index (χ4n) is 2.27. The van der Waals surface area contributed by atoms with E-state index < -0.39 is 5.82 Å². The zero-order chi connectivity index (χ0) is 16.8. The normalized spacial score (nSPS) is 10.0. The molecule has 118 valence electrons. The zero-order valence-corrected chi connectivity index (χ0v) is 12.9. The molecule has 0 unspecified atom stereocenters. The summed E-state index contributed by atoms with van der Waals surface area (Å²) >= 11 is 0. The quantitative estimate of drug-likeness (QED) is 0.711. The summed E-state index contributed by atoms with van der Waals surface area (Å²) in [6.45, 7) is 0.298. The van der Waals surface area contributed by atoms with Gasteiger partial charge in [-0.15, -0.1) is 0 Å². The lowest BCUT2D eigenvalue weighted by Crippen LogP contribution is -2.03. The number of benzene rings is 3. The molecule has 1 N–H and O–H groups in total. The van der Waals surface area contributed by atoms with Crippen molar-refractivity contribution in [2.24, 2.45) is 0 Å². The molecule has 24 heavy (non-hydrogen) atoms. The number of halogens is 1. The summed E-state index contributed by atoms with van der Waals surface area (Å²) in [5, 5.41) is 12.0. The Kier molecular flexibility index (Phi) is 4.73. The van der Waals surface area contributed by atoms with Crippen LogP contribution in [0.1, 0.15) is 11.1 Å². The molecular formula is C20H15FN2O. The van der Waals surface area contributed by atoms with Gasteiger partial charge in [0.25, 0.3) is 0 Å². The average Bonchev–Trinajstić information content (AvgIpc) is 2.62. The van der Waals surface area contributed by atoms with Crippen LogP contribution in [0.5, 0.6) is 11.5 Å². The lowest BCUT2D eigenvalue weighted by molar-refractivity contribution is 0.484. The summed E-state index contributed by atoms with van der Waals surface area (Å²) in [6, 6.07) is 23.3. The van der Waals surface area contributed by atoms with Crippen molar-refractivity contribution < 1.29 is 9.13 Å². The molecule has 0 spiro atoms. The van der Waals surface area contributed by atoms with Crippen LogP contribution in [0.4, 0.5) is 10.1 Å². The summed E-state index contributed by atoms with van der Waals surface area (Å²) in [5.41, 5.74) is 1.57. The fraction of sp³-hybridized carbons (Fsp3) is 0.0500. The largest absolute Gasteiger partial charge is 0.455 e. The van der Waals surface area contributed by atoms with Crippen molar-refractivity contribution >= 4 is 5.69 Å². The summed E-state index contributed by atoms with van der Waals surface area (Å²) in [5.74, 6) is 0.997. The first-order valence-corrected chi connectivity index (χ1v) is 7.50. The van der Waals surface area contributed by atoms with E-state index in [9.17, 15) is 4.39 Å². The minimum absolute atomic E-state index is 0.298. The third-order valence-corrected chi connectivity index (χ3v) is 3.51. The molecule has 0 radical (unpaired) electrons. The minimum atomic E-state index is -0.400. The predicted molar refractivity (Wildman–Crippen MR) is 91.4 cm³/mol. The number of hydrogen-bond acceptors (Lipinski definition) is 3. The first-order valence-electron chi connectivity index (χ1n) is 7.50. The molecule has 0 aromatic heterocycles. The van der Waals surface area contributed by atoms with Gasteiger partial charge < -0.3 is 10.1 Å². The van der Waals surface area contributed by atoms with Crippen LogP contribution in [0.3, 0.4) is 0 Å². The van der Waals surface area contributed by atoms with Crippen molar-refractivity contribution in [1.29, 1.82) is 5.26 Å². The molecule has 0 aliphatic rings. The van der Waals surface area contributed by atoms with Crippen molar-refractivity contribution in [2.45, 2.75) is 6.54 Å². The van der Waals surface area contributed by atoms with Crippen molar-refractivity contribution in [3.8, 4) is 17.6 Å². The Balaban J connectivity index is 1.75. The van der Waals surface area contributed by atoms with Gasteiger partial charge in [-0.1, -0.05) is 36.4 Å². The Hall–Kier alpha value is -3.32. The molecule has 0 saturated carbocycles. The number of hydrogen-bond donors (Lipinski definition) is 1. The van der Waals surface area contributed by atoms with Crippen molar-refractivity contribution in [3.63, 3.8) is 0 Å². The van der Waals surface area contributed by atoms with Crippen LogP contribution in [0.2, 0.25) is 0 Å². The topological polar surface area (TPSA) is 45.0 Å². The Bertz CT molecular complexity index is 872. The second kappa shape index (κ2) is 7.30. The number of nitrogens with zero attached hydrogens (tertiary/aromatic N) is 1. The summed E-state index contributed by atoms with van der Waals surface area (Å²) in [7, 11) is 0. The molecule has 0 heterocycles. The third kappa shape index (κ3) is 3.71. The van der Waals surface area contributed by atoms with E-state index in [-0.39, 0.29) is 0 Å². The summed E-state index contributed by atoms with van der Waals surface area (Å²) in [6.07, 6.45) is 0. The van der Waals surface area contributed by atoms with E-state index >= 15 is 0 Å². The summed E-state index contributed by atoms with van der Waals surface area (Å²) in [4.78, 5) is 0. The van der Waals surface area contributed by atoms with E-state index in [1.165, 1.54) is 6.07 Å². The first-order chi connectivity index (χ1) is 11.8. The van der Waals surface area contributed by atoms with Gasteiger partial charge in [-0.25, -0.2) is 4.39 Å². The Morgan fingerprint density at radius 3 is 2.46 bits per heavy atom. The first kappa shape index (κ1) is 15.6. The molecule has 0 aliphatic carbocycles. The highest BCUT2D eigenvalue weighted by Crippen LogP contribution is 2.29. The second-order valence-electron chi connectivity index (χ2n) is 5.18. The van der Waals surface area contributed by atoms with Crippen LogP contribution in [0.25, 0.3) is 0 Å². The Labute approximate surface area is 139 Å². The number of ether oxygens (including phenoxy) is 1. The van der Waals surface area contributed by atoms with E-state index in [1.807, 2.05) is 60.7 Å². The molecule has 3 nitrogen and oxygen atoms in total. The van der Waals surface area contributed by atoms with Crippen LogP contribution < -0.4 is 10.1 Å². The Morgan fingerprint density at radius 1 is 0.958 bits per heavy atom. The van der Waals surface area contributed by atoms with Crippen LogP contribution in [-0.2, 0) is 6.54 Å². The third-order valence-electron chi connectivity index (χ3n) is 3.51. The molecule has 0 aliphatic heterocycles. The van der Waals surface area contributed by atoms with Crippen molar-refractivity contribution in [3.05, 3.63) is 89.7 Å². The number of anilines is 1. The van der Waals surface area contributed by atoms with E-state index in [4.69, 9.17) is 10.00 Å². The van der Waals surface area contributed by atoms with E-state index in [2.05, 4.69) is 5.32 Å². The van der Waals surface area contributed by atoms with E-state index in [1.54, 1.807) is 12.1 Å². The van der Waals surface area contributed by atoms with Gasteiger partial charge in [0.1, 0.15) is 11.6 Å². The summed E-state index contributed by atoms with van der Waals surface area (Å²) < 4.78 is 19.8. The molecule has 3 rings (SSSR count). The molecule has 0 bridgehead atoms. The smallest absolute Gasteiger partial charge is 0.150 e. The van der Waals surface area contributed by atoms with Crippen LogP contribution in [-0.4, -0.2) is 0 Å². The molecule has 0 atom stereocenters. The van der Waals surface area contributed by atoms with Crippen molar-refractivity contribution in [1.82, 2.24) is 0 Å². The highest BCUT2D eigenvalue weighted by atomic mass is 19.1. The van der Waals surface area contributed by atoms with Crippen molar-refractivity contribution in [2.75, 3.05) is 5.32 Å². The van der Waals surface area contributed by atoms with Gasteiger partial charge in [0.2, 0.25) is 0 Å². The molecule has 0 fully saturated rings. The standard InChI is InChI=1S/C20H15FN2O/c21-18-12-15(13-22)10-11-16(18)14-23-19-8-4-5-9-20(19)24-17-6-2-1-3-7-17/h1-12,23H,14H2. The van der Waals surface area contributed by atoms with E-state index in [0.29, 0.717) is 23.4 Å². The maximum absolute atomic E-state index is 14.0. The van der Waals surface area contributed by atoms with E-state index in [0.717, 1.165) is 11.4 Å². The molecule has 3 aromatic carbocycles. The van der Waals surface area contributed by atoms with Gasteiger partial charge in [0, 0.05) is 12.1 Å². The van der Waals surface area contributed by atoms with Gasteiger partial charge in [-0.05, 0) is 36.4 Å². The molecule has 0 amide bonds. The Morgan fingerprint density at radius 2 is 1.71 bits per heavy atom. The fourth-order valence-corrected chi connectivity index (χ4v) is 2.27. The van der Waals surface area contributed by atoms with Gasteiger partial charge in [-0.3, -0.25) is 0 Å². The molecule has 4 heteroatoms. The zero-order valence-electron chi connectivity index (χ0n) is 12.9. The van der Waals surface area contributed by atoms with Gasteiger partial charge in [0.15, 0.2) is 5.75 Å². The van der Waals surface area contributed by atoms with Gasteiger partial charge in [-0.2, -0.15) is 5.26 Å². The highest BCUT2D eigenvalue weighted by molar-refractivity contribution is 5.57. The van der Waals surface area contributed by atoms with Crippen LogP contribution in [0, 0.1) is 17.1 Å². The van der Waals surface area contributed by atoms with Gasteiger partial charge in [0.05, 0.1) is 17.3 Å². The van der Waals surface area contributed by atoms with Gasteiger partial charge >= 0.3 is 0 Å². The number of rotatable bonds is 5. The average molecular weight is 318 g/mol. The lowest BCUT2D eigenvalue weighted by atomic mass is 10.1. The predicted octanol–water partition coefficient (Wildman–Crippen LogP) is 5.10. The SMILES string of the molecule is N#Cc1ccc(CNc2ccccc2Oc2ccccc2)c(F)c1. The van der Waals surface area contributed by atoms with Crippen LogP contribution >= 0.6 is 0 Å². The molecule has 0 saturated heterocycles. The van der Waals surface area contributed by atoms with Crippen LogP contribution in [0.15, 0.2) is 72.8 Å². The number of para-hydroxylation sites is 3. The highest BCUT2D eigenvalue weighted by Gasteiger charge is 2.07. The second-order valence-corrected chi connectivity index (χ2v) is 5.18. The minimum Gasteiger partial charge on any atom is -0.455 e. The number of nitriles is 1. The molecular weight excluding hydrogens is 303 g/mol. The monoisotopic (exact) mass is 318 g/mol. The lowest BCUT2D eigenvalue weighted by Gasteiger charge is -2.13. The molecule has 3 aromatic rings. The maximum atomic E-state index is 14.0. The maximum Gasteiger partial charge on any atom is 0.150 e.